The van der Waals surface area contributed by atoms with Crippen LogP contribution in [0.3, 0.4) is 0 Å². The number of nitrogen functional groups attached to an aromatic ring is 1. The third-order valence-electron chi connectivity index (χ3n) is 16.6. The van der Waals surface area contributed by atoms with E-state index in [0.717, 1.165) is 62.0 Å². The number of fused-ring (bicyclic) bond motifs is 1. The molecule has 2 aromatic rings. The van der Waals surface area contributed by atoms with E-state index in [4.69, 9.17) is 30.4 Å². The summed E-state index contributed by atoms with van der Waals surface area (Å²) < 4.78 is 38.0. The van der Waals surface area contributed by atoms with Crippen LogP contribution in [-0.4, -0.2) is 110 Å². The molecule has 78 heavy (non-hydrogen) atoms. The summed E-state index contributed by atoms with van der Waals surface area (Å²) in [7, 11) is 0. The second-order valence-corrected chi connectivity index (χ2v) is 22.8. The van der Waals surface area contributed by atoms with Gasteiger partial charge in [0.15, 0.2) is 17.7 Å². The fraction of sp³-hybridized carbons (Fsp3) is 0.596. The Morgan fingerprint density at radius 3 is 2.47 bits per heavy atom. The number of halogens is 1. The first-order valence-corrected chi connectivity index (χ1v) is 27.1. The Kier molecular flexibility index (Phi) is 19.1. The van der Waals surface area contributed by atoms with Gasteiger partial charge in [-0.1, -0.05) is 62.4 Å². The number of ketones is 1. The molecule has 8 unspecified atom stereocenters. The minimum absolute atomic E-state index is 0.0861. The summed E-state index contributed by atoms with van der Waals surface area (Å²) in [5, 5.41) is 40.0. The molecule has 0 radical (unpaired) electrons. The monoisotopic (exact) mass is 1090 g/mol. The van der Waals surface area contributed by atoms with Crippen molar-refractivity contribution in [2.45, 2.75) is 166 Å². The number of primary amides is 1. The van der Waals surface area contributed by atoms with Crippen molar-refractivity contribution < 1.29 is 62.6 Å². The Balaban J connectivity index is 0.898. The molecule has 20 nitrogen and oxygen atoms in total. The van der Waals surface area contributed by atoms with Crippen molar-refractivity contribution in [1.82, 2.24) is 20.2 Å². The molecule has 1 aliphatic heterocycles. The Hall–Kier alpha value is -6.42. The van der Waals surface area contributed by atoms with Crippen molar-refractivity contribution in [2.24, 2.45) is 40.7 Å². The fourth-order valence-corrected chi connectivity index (χ4v) is 11.8. The van der Waals surface area contributed by atoms with E-state index in [-0.39, 0.29) is 56.2 Å². The molecule has 21 heteroatoms. The summed E-state index contributed by atoms with van der Waals surface area (Å²) >= 11 is 0. The average Bonchev–Trinajstić information content (AvgIpc) is 4.34. The molecule has 0 bridgehead atoms. The first-order chi connectivity index (χ1) is 36.9. The number of Topliss-reactive ketones (excluding diaryl/α,β-unsaturated/α-hetero) is 1. The summed E-state index contributed by atoms with van der Waals surface area (Å²) in [6.07, 6.45) is 9.07. The van der Waals surface area contributed by atoms with E-state index in [1.165, 1.54) is 31.7 Å². The van der Waals surface area contributed by atoms with E-state index in [1.54, 1.807) is 24.3 Å². The molecule has 2 heterocycles. The van der Waals surface area contributed by atoms with Crippen molar-refractivity contribution >= 4 is 41.5 Å². The number of alkyl carbamates (subject to hydrolysis) is 1. The van der Waals surface area contributed by atoms with Gasteiger partial charge in [-0.25, -0.2) is 23.6 Å². The predicted octanol–water partition coefficient (Wildman–Crippen LogP) is 6.74. The molecule has 0 spiro atoms. The molecule has 1 saturated heterocycles. The highest BCUT2D eigenvalue weighted by Crippen LogP contribution is 2.59. The number of carbonyl (C=O) groups is 5. The SMILES string of the molecule is C=C1/C(=C\C=C2/CCC[C@@]3(C)C2CCC3[C@@H](C)/C=C/C(O)C2CC2)C[C@@H](O)C[C@@H]1OC(=O)NC(C)(C)C(=O)CC(CCCNC(N)=O)C(=O)Nc1ccc(COC(=O)OCC2OC(n3ccc(N)nc3=O)C(C)(F)C2O)cc1. The lowest BCUT2D eigenvalue weighted by Crippen LogP contribution is -2.51. The summed E-state index contributed by atoms with van der Waals surface area (Å²) in [5.41, 5.74) is 9.60. The first kappa shape index (κ1) is 59.2. The van der Waals surface area contributed by atoms with Crippen LogP contribution in [0.1, 0.15) is 123 Å². The molecule has 7 rings (SSSR count). The van der Waals surface area contributed by atoms with Crippen LogP contribution in [0, 0.1) is 35.0 Å². The van der Waals surface area contributed by atoms with Gasteiger partial charge in [0.2, 0.25) is 5.91 Å². The van der Waals surface area contributed by atoms with Gasteiger partial charge in [0.05, 0.1) is 17.7 Å². The van der Waals surface area contributed by atoms with E-state index in [9.17, 15) is 44.1 Å². The minimum Gasteiger partial charge on any atom is -0.441 e. The van der Waals surface area contributed by atoms with Gasteiger partial charge in [0, 0.05) is 37.2 Å². The number of carbonyl (C=O) groups excluding carboxylic acids is 5. The van der Waals surface area contributed by atoms with E-state index >= 15 is 4.39 Å². The van der Waals surface area contributed by atoms with Crippen molar-refractivity contribution in [3.05, 3.63) is 100 Å². The quantitative estimate of drug-likeness (QED) is 0.0365. The first-order valence-electron chi connectivity index (χ1n) is 27.1. The van der Waals surface area contributed by atoms with Crippen molar-refractivity contribution in [3.63, 3.8) is 0 Å². The standard InChI is InChI=1S/C57H78FN7O13/c1-32(11-22-43(67)36-15-16-36)41-20-21-42-35(9-7-24-56(41,42)5)14-17-37-27-40(66)29-44(33(37)2)78-53(73)64-55(3,4)46(68)28-38(10-8-25-61-51(60)71)49(70)62-39-18-12-34(13-19-39)30-75-54(74)76-31-45-48(69)57(6,58)50(77-45)65-26-23-47(59)63-52(65)72/h11-14,17-19,22-23,26,32,36,38,40-45,48,50,66-67,69H,2,7-10,15-16,20-21,24-25,27-31H2,1,3-6H3,(H,62,70)(H,64,73)(H2,59,63,72)(H3,60,61,71)/b22-11+,35-14+,37-17-/t32-,38?,40+,41?,42?,43?,44-,45?,48?,50?,56+,57?/m0/s1. The zero-order chi connectivity index (χ0) is 56.7. The van der Waals surface area contributed by atoms with Crippen LogP contribution < -0.4 is 33.1 Å². The van der Waals surface area contributed by atoms with Crippen LogP contribution in [0.2, 0.25) is 0 Å². The van der Waals surface area contributed by atoms with E-state index in [0.29, 0.717) is 46.9 Å². The van der Waals surface area contributed by atoms with Crippen LogP contribution in [0.25, 0.3) is 0 Å². The highest BCUT2D eigenvalue weighted by atomic mass is 19.1. The number of nitrogens with one attached hydrogen (secondary N) is 3. The number of alkyl halides is 1. The summed E-state index contributed by atoms with van der Waals surface area (Å²) in [5.74, 6) is -0.315. The zero-order valence-electron chi connectivity index (χ0n) is 45.3. The van der Waals surface area contributed by atoms with Crippen LogP contribution in [-0.2, 0) is 35.1 Å². The van der Waals surface area contributed by atoms with Gasteiger partial charge in [-0.05, 0) is 149 Å². The Morgan fingerprint density at radius 2 is 1.78 bits per heavy atom. The fourth-order valence-electron chi connectivity index (χ4n) is 11.8. The Morgan fingerprint density at radius 1 is 1.05 bits per heavy atom. The molecular formula is C57H78FN7O13. The second-order valence-electron chi connectivity index (χ2n) is 22.8. The van der Waals surface area contributed by atoms with E-state index in [2.05, 4.69) is 53.5 Å². The van der Waals surface area contributed by atoms with Crippen LogP contribution in [0.4, 0.5) is 30.3 Å². The van der Waals surface area contributed by atoms with Gasteiger partial charge < -0.3 is 61.7 Å². The van der Waals surface area contributed by atoms with Gasteiger partial charge in [-0.15, -0.1) is 0 Å². The maximum Gasteiger partial charge on any atom is 0.508 e. The maximum absolute atomic E-state index is 15.5. The van der Waals surface area contributed by atoms with Crippen LogP contribution in [0.15, 0.2) is 88.9 Å². The molecule has 1 aromatic carbocycles. The number of nitrogens with two attached hydrogens (primary N) is 2. The van der Waals surface area contributed by atoms with Gasteiger partial charge in [0.1, 0.15) is 37.3 Å². The number of rotatable bonds is 21. The lowest BCUT2D eigenvalue weighted by Gasteiger charge is -2.44. The van der Waals surface area contributed by atoms with Gasteiger partial charge >= 0.3 is 24.0 Å². The molecule has 12 atom stereocenters. The van der Waals surface area contributed by atoms with Gasteiger partial charge in [0.25, 0.3) is 0 Å². The average molecular weight is 1090 g/mol. The molecule has 10 N–H and O–H groups in total. The molecule has 4 aliphatic carbocycles. The highest BCUT2D eigenvalue weighted by Gasteiger charge is 2.56. The third-order valence-corrected chi connectivity index (χ3v) is 16.6. The maximum atomic E-state index is 15.5. The number of aliphatic hydroxyl groups is 3. The smallest absolute Gasteiger partial charge is 0.441 e. The van der Waals surface area contributed by atoms with Gasteiger partial charge in [-0.2, -0.15) is 4.98 Å². The second kappa shape index (κ2) is 25.1. The Labute approximate surface area is 454 Å². The molecule has 5 fully saturated rings. The van der Waals surface area contributed by atoms with E-state index in [1.807, 2.05) is 12.2 Å². The van der Waals surface area contributed by atoms with Crippen LogP contribution >= 0.6 is 0 Å². The van der Waals surface area contributed by atoms with Crippen LogP contribution in [0.5, 0.6) is 0 Å². The summed E-state index contributed by atoms with van der Waals surface area (Å²) in [6, 6.07) is 6.74. The minimum atomic E-state index is -2.46. The highest BCUT2D eigenvalue weighted by molar-refractivity contribution is 5.98. The number of hydrogen-bond donors (Lipinski definition) is 8. The number of anilines is 2. The molecule has 1 aromatic heterocycles. The number of amides is 4. The number of allylic oxidation sites excluding steroid dienone is 4. The summed E-state index contributed by atoms with van der Waals surface area (Å²) in [4.78, 5) is 81.0. The lowest BCUT2D eigenvalue weighted by atomic mass is 9.61. The number of urea groups is 1. The topological polar surface area (TPSA) is 306 Å². The predicted molar refractivity (Wildman–Crippen MR) is 287 cm³/mol. The molecule has 426 valence electrons. The molecule has 4 amide bonds. The Bertz CT molecular complexity index is 2690. The van der Waals surface area contributed by atoms with Crippen molar-refractivity contribution in [2.75, 3.05) is 24.2 Å². The van der Waals surface area contributed by atoms with Gasteiger partial charge in [-0.3, -0.25) is 14.2 Å². The number of aromatic nitrogens is 2. The zero-order valence-corrected chi connectivity index (χ0v) is 45.3. The number of hydrogen-bond acceptors (Lipinski definition) is 15. The number of nitrogens with zero attached hydrogens (tertiary/aromatic N) is 2. The van der Waals surface area contributed by atoms with E-state index < -0.39 is 90.0 Å². The molecule has 4 saturated carbocycles. The normalized spacial score (nSPS) is 29.3. The number of aliphatic hydroxyl groups excluding tert-OH is 3. The van der Waals surface area contributed by atoms with Crippen molar-refractivity contribution in [1.29, 1.82) is 0 Å². The largest absolute Gasteiger partial charge is 0.508 e. The number of ether oxygens (including phenoxy) is 4. The van der Waals surface area contributed by atoms with Crippen molar-refractivity contribution in [3.8, 4) is 0 Å². The summed E-state index contributed by atoms with van der Waals surface area (Å²) in [6.45, 7) is 12.3. The third kappa shape index (κ3) is 14.6. The lowest BCUT2D eigenvalue weighted by molar-refractivity contribution is -0.129. The molecule has 5 aliphatic rings. The number of benzene rings is 1. The molecular weight excluding hydrogens is 1010 g/mol.